The Balaban J connectivity index is 1.68. The number of nitrogens with one attached hydrogen (secondary N) is 1. The largest absolute Gasteiger partial charge is 0.380 e. The first-order valence-electron chi connectivity index (χ1n) is 7.50. The van der Waals surface area contributed by atoms with Crippen LogP contribution in [0.25, 0.3) is 11.0 Å². The van der Waals surface area contributed by atoms with Crippen LogP contribution in [0.4, 0.5) is 0 Å². The number of amides is 1. The number of fused-ring (bicyclic) bond motifs is 1. The molecule has 1 saturated heterocycles. The number of nitrogens with zero attached hydrogens (tertiary/aromatic N) is 3. The average Bonchev–Trinajstić information content (AvgIpc) is 3.12. The molecule has 1 aliphatic heterocycles. The van der Waals surface area contributed by atoms with Gasteiger partial charge in [0.15, 0.2) is 0 Å². The first-order valence-corrected chi connectivity index (χ1v) is 7.50. The maximum absolute atomic E-state index is 12.6. The number of hydrogen-bond donors (Lipinski definition) is 1. The third kappa shape index (κ3) is 2.84. The van der Waals surface area contributed by atoms with Crippen molar-refractivity contribution < 1.29 is 9.53 Å². The van der Waals surface area contributed by atoms with Gasteiger partial charge in [-0.1, -0.05) is 0 Å². The molecule has 1 N–H and O–H groups in total. The molecular formula is C16H22N4O2. The van der Waals surface area contributed by atoms with Crippen molar-refractivity contribution in [2.24, 2.45) is 0 Å². The van der Waals surface area contributed by atoms with Crippen molar-refractivity contribution in [3.63, 3.8) is 0 Å². The number of carbonyl (C=O) groups is 1. The van der Waals surface area contributed by atoms with Crippen LogP contribution in [0, 0.1) is 0 Å². The molecule has 0 aliphatic carbocycles. The van der Waals surface area contributed by atoms with Gasteiger partial charge in [0.1, 0.15) is 0 Å². The minimum atomic E-state index is 0.0331. The van der Waals surface area contributed by atoms with Crippen molar-refractivity contribution >= 4 is 16.9 Å². The van der Waals surface area contributed by atoms with Crippen LogP contribution >= 0.6 is 0 Å². The van der Waals surface area contributed by atoms with Gasteiger partial charge in [-0.15, -0.1) is 0 Å². The third-order valence-electron chi connectivity index (χ3n) is 4.48. The zero-order chi connectivity index (χ0) is 15.7. The van der Waals surface area contributed by atoms with E-state index >= 15 is 0 Å². The highest BCUT2D eigenvalue weighted by Crippen LogP contribution is 2.20. The average molecular weight is 302 g/mol. The van der Waals surface area contributed by atoms with E-state index in [4.69, 9.17) is 4.74 Å². The standard InChI is InChI=1S/C16H22N4O2/c1-19-9-13(22-3)7-12(19)8-20(2)16(21)11-4-5-14-15(6-11)18-10-17-14/h4-6,10,12-13H,7-9H2,1-3H3,(H,17,18)/t12-,13-/m0/s1. The van der Waals surface area contributed by atoms with Crippen LogP contribution < -0.4 is 0 Å². The molecule has 0 spiro atoms. The van der Waals surface area contributed by atoms with Gasteiger partial charge >= 0.3 is 0 Å². The van der Waals surface area contributed by atoms with Gasteiger partial charge in [-0.2, -0.15) is 0 Å². The minimum Gasteiger partial charge on any atom is -0.380 e. The molecule has 0 saturated carbocycles. The van der Waals surface area contributed by atoms with Crippen LogP contribution in [0.1, 0.15) is 16.8 Å². The van der Waals surface area contributed by atoms with E-state index in [2.05, 4.69) is 21.9 Å². The zero-order valence-electron chi connectivity index (χ0n) is 13.2. The van der Waals surface area contributed by atoms with Crippen molar-refractivity contribution in [1.29, 1.82) is 0 Å². The van der Waals surface area contributed by atoms with Crippen LogP contribution in [0.2, 0.25) is 0 Å². The summed E-state index contributed by atoms with van der Waals surface area (Å²) in [7, 11) is 5.68. The Kier molecular flexibility index (Phi) is 4.13. The molecule has 6 nitrogen and oxygen atoms in total. The summed E-state index contributed by atoms with van der Waals surface area (Å²) >= 11 is 0. The first-order chi connectivity index (χ1) is 10.6. The normalized spacial score (nSPS) is 22.3. The van der Waals surface area contributed by atoms with E-state index in [9.17, 15) is 4.79 Å². The molecule has 0 radical (unpaired) electrons. The second kappa shape index (κ2) is 6.06. The van der Waals surface area contributed by atoms with Crippen molar-refractivity contribution in [1.82, 2.24) is 19.8 Å². The molecule has 2 atom stereocenters. The Morgan fingerprint density at radius 2 is 2.36 bits per heavy atom. The lowest BCUT2D eigenvalue weighted by Gasteiger charge is -2.25. The molecule has 1 aromatic carbocycles. The molecule has 2 aromatic rings. The lowest BCUT2D eigenvalue weighted by atomic mass is 10.1. The summed E-state index contributed by atoms with van der Waals surface area (Å²) in [5.41, 5.74) is 2.44. The molecule has 1 aromatic heterocycles. The topological polar surface area (TPSA) is 61.5 Å². The lowest BCUT2D eigenvalue weighted by molar-refractivity contribution is 0.0760. The van der Waals surface area contributed by atoms with Crippen molar-refractivity contribution in [3.05, 3.63) is 30.1 Å². The van der Waals surface area contributed by atoms with Crippen LogP contribution in [-0.4, -0.2) is 72.1 Å². The Hall–Kier alpha value is -1.92. The summed E-state index contributed by atoms with van der Waals surface area (Å²) < 4.78 is 5.42. The van der Waals surface area contributed by atoms with E-state index in [-0.39, 0.29) is 12.0 Å². The van der Waals surface area contributed by atoms with Crippen molar-refractivity contribution in [2.45, 2.75) is 18.6 Å². The highest BCUT2D eigenvalue weighted by Gasteiger charge is 2.31. The summed E-state index contributed by atoms with van der Waals surface area (Å²) in [5, 5.41) is 0. The molecule has 1 fully saturated rings. The molecule has 22 heavy (non-hydrogen) atoms. The number of H-pyrrole nitrogens is 1. The van der Waals surface area contributed by atoms with Crippen LogP contribution in [0.3, 0.4) is 0 Å². The summed E-state index contributed by atoms with van der Waals surface area (Å²) in [6, 6.07) is 5.90. The third-order valence-corrected chi connectivity index (χ3v) is 4.48. The van der Waals surface area contributed by atoms with Crippen LogP contribution in [-0.2, 0) is 4.74 Å². The SMILES string of the molecule is CO[C@H]1C[C@@H](CN(C)C(=O)c2ccc3nc[nH]c3c2)N(C)C1. The van der Waals surface area contributed by atoms with Gasteiger partial charge in [-0.3, -0.25) is 9.69 Å². The van der Waals surface area contributed by atoms with Crippen LogP contribution in [0.15, 0.2) is 24.5 Å². The number of carbonyl (C=O) groups excluding carboxylic acids is 1. The van der Waals surface area contributed by atoms with Gasteiger partial charge in [0.25, 0.3) is 5.91 Å². The second-order valence-corrected chi connectivity index (χ2v) is 6.01. The number of benzene rings is 1. The van der Waals surface area contributed by atoms with Crippen molar-refractivity contribution in [2.75, 3.05) is 34.3 Å². The Morgan fingerprint density at radius 1 is 1.55 bits per heavy atom. The summed E-state index contributed by atoms with van der Waals surface area (Å²) in [6.45, 7) is 1.62. The number of aromatic amines is 1. The van der Waals surface area contributed by atoms with Crippen LogP contribution in [0.5, 0.6) is 0 Å². The number of likely N-dealkylation sites (N-methyl/N-ethyl adjacent to an activating group) is 2. The van der Waals surface area contributed by atoms with E-state index in [0.717, 1.165) is 24.0 Å². The number of hydrogen-bond acceptors (Lipinski definition) is 4. The van der Waals surface area contributed by atoms with E-state index < -0.39 is 0 Å². The number of ether oxygens (including phenoxy) is 1. The van der Waals surface area contributed by atoms with E-state index in [1.807, 2.05) is 25.2 Å². The fraction of sp³-hybridized carbons (Fsp3) is 0.500. The Morgan fingerprint density at radius 3 is 3.09 bits per heavy atom. The molecular weight excluding hydrogens is 280 g/mol. The number of rotatable bonds is 4. The summed E-state index contributed by atoms with van der Waals surface area (Å²) in [6.07, 6.45) is 2.87. The highest BCUT2D eigenvalue weighted by molar-refractivity contribution is 5.97. The highest BCUT2D eigenvalue weighted by atomic mass is 16.5. The number of likely N-dealkylation sites (tertiary alicyclic amines) is 1. The minimum absolute atomic E-state index is 0.0331. The molecule has 0 bridgehead atoms. The second-order valence-electron chi connectivity index (χ2n) is 6.01. The molecule has 1 amide bonds. The number of aromatic nitrogens is 2. The van der Waals surface area contributed by atoms with Gasteiger partial charge in [-0.05, 0) is 31.7 Å². The smallest absolute Gasteiger partial charge is 0.253 e. The fourth-order valence-electron chi connectivity index (χ4n) is 3.10. The van der Waals surface area contributed by atoms with Crippen molar-refractivity contribution in [3.8, 4) is 0 Å². The first kappa shape index (κ1) is 15.0. The zero-order valence-corrected chi connectivity index (χ0v) is 13.2. The van der Waals surface area contributed by atoms with Gasteiger partial charge in [0.2, 0.25) is 0 Å². The maximum atomic E-state index is 12.6. The molecule has 3 rings (SSSR count). The Labute approximate surface area is 130 Å². The summed E-state index contributed by atoms with van der Waals surface area (Å²) in [5.74, 6) is 0.0331. The number of imidazole rings is 1. The molecule has 118 valence electrons. The quantitative estimate of drug-likeness (QED) is 0.926. The maximum Gasteiger partial charge on any atom is 0.253 e. The molecule has 0 unspecified atom stereocenters. The van der Waals surface area contributed by atoms with E-state index in [1.165, 1.54) is 0 Å². The molecule has 6 heteroatoms. The lowest BCUT2D eigenvalue weighted by Crippen LogP contribution is -2.39. The summed E-state index contributed by atoms with van der Waals surface area (Å²) in [4.78, 5) is 23.9. The fourth-order valence-corrected chi connectivity index (χ4v) is 3.10. The predicted octanol–water partition coefficient (Wildman–Crippen LogP) is 1.35. The van der Waals surface area contributed by atoms with Gasteiger partial charge < -0.3 is 14.6 Å². The van der Waals surface area contributed by atoms with E-state index in [0.29, 0.717) is 18.2 Å². The van der Waals surface area contributed by atoms with Gasteiger partial charge in [0, 0.05) is 38.9 Å². The number of methoxy groups -OCH3 is 1. The Bertz CT molecular complexity index is 669. The van der Waals surface area contributed by atoms with E-state index in [1.54, 1.807) is 18.3 Å². The molecule has 2 heterocycles. The molecule has 1 aliphatic rings. The van der Waals surface area contributed by atoms with Gasteiger partial charge in [0.05, 0.1) is 23.5 Å². The predicted molar refractivity (Wildman–Crippen MR) is 84.9 cm³/mol. The van der Waals surface area contributed by atoms with Gasteiger partial charge in [-0.25, -0.2) is 4.98 Å². The monoisotopic (exact) mass is 302 g/mol.